The maximum atomic E-state index is 14.1. The Kier molecular flexibility index (Phi) is 14.2. The fourth-order valence-corrected chi connectivity index (χ4v) is 8.37. The molecule has 0 radical (unpaired) electrons. The molecule has 2 aliphatic heterocycles. The number of benzene rings is 2. The van der Waals surface area contributed by atoms with Crippen LogP contribution >= 0.6 is 0 Å². The van der Waals surface area contributed by atoms with Crippen LogP contribution in [-0.2, 0) is 29.5 Å². The van der Waals surface area contributed by atoms with Gasteiger partial charge in [-0.05, 0) is 90.8 Å². The number of carboxylic acid groups (broad SMARTS) is 1. The zero-order valence-corrected chi connectivity index (χ0v) is 32.6. The number of halogens is 2. The summed E-state index contributed by atoms with van der Waals surface area (Å²) in [6.07, 6.45) is -0.349. The highest BCUT2D eigenvalue weighted by molar-refractivity contribution is 7.89. The van der Waals surface area contributed by atoms with Crippen molar-refractivity contribution in [2.24, 2.45) is 5.73 Å². The van der Waals surface area contributed by atoms with E-state index in [1.165, 1.54) is 9.80 Å². The Hall–Kier alpha value is -4.40. The molecule has 16 nitrogen and oxygen atoms in total. The van der Waals surface area contributed by atoms with Gasteiger partial charge in [-0.25, -0.2) is 40.0 Å². The minimum atomic E-state index is -4.24. The molecule has 0 saturated carbocycles. The summed E-state index contributed by atoms with van der Waals surface area (Å²) in [6, 6.07) is 5.60. The van der Waals surface area contributed by atoms with Gasteiger partial charge in [0.2, 0.25) is 26.0 Å². The first-order chi connectivity index (χ1) is 24.8. The number of rotatable bonds is 6. The molecular formula is C34H47F2N5O11S2. The van der Waals surface area contributed by atoms with E-state index in [1.807, 2.05) is 0 Å². The van der Waals surface area contributed by atoms with Crippen LogP contribution in [-0.4, -0.2) is 128 Å². The van der Waals surface area contributed by atoms with Gasteiger partial charge >= 0.3 is 18.2 Å². The summed E-state index contributed by atoms with van der Waals surface area (Å²) >= 11 is 0. The summed E-state index contributed by atoms with van der Waals surface area (Å²) < 4.78 is 92.3. The molecule has 3 amide bonds. The number of amides is 3. The molecule has 0 aliphatic carbocycles. The molecule has 4 rings (SSSR count). The molecule has 2 aliphatic rings. The van der Waals surface area contributed by atoms with E-state index in [9.17, 15) is 44.8 Å². The van der Waals surface area contributed by atoms with Crippen molar-refractivity contribution in [1.29, 1.82) is 0 Å². The minimum Gasteiger partial charge on any atom is -0.478 e. The van der Waals surface area contributed by atoms with E-state index in [0.29, 0.717) is 25.9 Å². The Balaban J connectivity index is 0.000000290. The van der Waals surface area contributed by atoms with Crippen molar-refractivity contribution < 1.29 is 59.4 Å². The van der Waals surface area contributed by atoms with Gasteiger partial charge in [-0.2, -0.15) is 8.61 Å². The van der Waals surface area contributed by atoms with Crippen LogP contribution in [0, 0.1) is 11.6 Å². The zero-order valence-electron chi connectivity index (χ0n) is 31.0. The Morgan fingerprint density at radius 1 is 0.630 bits per heavy atom. The van der Waals surface area contributed by atoms with Crippen LogP contribution in [0.1, 0.15) is 75.1 Å². The average Bonchev–Trinajstić information content (AvgIpc) is 3.46. The van der Waals surface area contributed by atoms with Crippen molar-refractivity contribution in [3.8, 4) is 0 Å². The number of ether oxygens (including phenoxy) is 2. The molecule has 2 fully saturated rings. The predicted octanol–water partition coefficient (Wildman–Crippen LogP) is 3.71. The van der Waals surface area contributed by atoms with Gasteiger partial charge in [0.1, 0.15) is 32.6 Å². The summed E-state index contributed by atoms with van der Waals surface area (Å²) in [5, 5.41) is 9.02. The summed E-state index contributed by atoms with van der Waals surface area (Å²) in [4.78, 5) is 48.3. The lowest BCUT2D eigenvalue weighted by atomic mass is 10.2. The lowest BCUT2D eigenvalue weighted by Gasteiger charge is -2.26. The number of carbonyl (C=O) groups excluding carboxylic acids is 3. The van der Waals surface area contributed by atoms with Gasteiger partial charge in [0.25, 0.3) is 0 Å². The topological polar surface area (TPSA) is 214 Å². The number of sulfonamides is 2. The molecule has 300 valence electrons. The fourth-order valence-electron chi connectivity index (χ4n) is 5.25. The van der Waals surface area contributed by atoms with Gasteiger partial charge in [0.15, 0.2) is 0 Å². The Labute approximate surface area is 313 Å². The van der Waals surface area contributed by atoms with E-state index >= 15 is 0 Å². The molecule has 2 saturated heterocycles. The van der Waals surface area contributed by atoms with E-state index in [1.54, 1.807) is 41.5 Å². The van der Waals surface area contributed by atoms with Crippen molar-refractivity contribution in [3.05, 3.63) is 59.2 Å². The van der Waals surface area contributed by atoms with Crippen LogP contribution in [0.4, 0.5) is 18.4 Å². The maximum Gasteiger partial charge on any atom is 0.410 e. The third-order valence-corrected chi connectivity index (χ3v) is 11.7. The Morgan fingerprint density at radius 3 is 1.35 bits per heavy atom. The molecule has 54 heavy (non-hydrogen) atoms. The number of nitrogens with two attached hydrogens (primary N) is 1. The first kappa shape index (κ1) is 44.0. The van der Waals surface area contributed by atoms with Crippen LogP contribution < -0.4 is 5.73 Å². The molecule has 2 heterocycles. The van der Waals surface area contributed by atoms with Gasteiger partial charge in [-0.15, -0.1) is 0 Å². The molecule has 2 aromatic rings. The van der Waals surface area contributed by atoms with Crippen LogP contribution in [0.5, 0.6) is 0 Å². The first-order valence-corrected chi connectivity index (χ1v) is 19.8. The number of hydrogen-bond donors (Lipinski definition) is 2. The molecule has 0 spiro atoms. The Bertz CT molecular complexity index is 1810. The highest BCUT2D eigenvalue weighted by atomic mass is 32.2. The van der Waals surface area contributed by atoms with Crippen LogP contribution in [0.2, 0.25) is 0 Å². The van der Waals surface area contributed by atoms with Crippen molar-refractivity contribution >= 4 is 44.1 Å². The van der Waals surface area contributed by atoms with E-state index in [2.05, 4.69) is 0 Å². The van der Waals surface area contributed by atoms with Gasteiger partial charge in [-0.1, -0.05) is 0 Å². The predicted molar refractivity (Wildman–Crippen MR) is 191 cm³/mol. The van der Waals surface area contributed by atoms with Crippen LogP contribution in [0.25, 0.3) is 0 Å². The van der Waals surface area contributed by atoms with Crippen LogP contribution in [0.3, 0.4) is 0 Å². The van der Waals surface area contributed by atoms with E-state index in [-0.39, 0.29) is 50.4 Å². The van der Waals surface area contributed by atoms with Crippen molar-refractivity contribution in [2.75, 3.05) is 52.4 Å². The minimum absolute atomic E-state index is 0.0121. The average molecular weight is 804 g/mol. The number of hydrogen-bond acceptors (Lipinski definition) is 10. The van der Waals surface area contributed by atoms with E-state index in [0.717, 1.165) is 45.0 Å². The largest absolute Gasteiger partial charge is 0.478 e. The number of nitrogens with zero attached hydrogens (tertiary/aromatic N) is 4. The first-order valence-electron chi connectivity index (χ1n) is 16.9. The lowest BCUT2D eigenvalue weighted by molar-refractivity contribution is 0.0250. The second kappa shape index (κ2) is 17.4. The quantitative estimate of drug-likeness (QED) is 0.430. The molecule has 3 N–H and O–H groups in total. The van der Waals surface area contributed by atoms with Gasteiger partial charge in [-0.3, -0.25) is 4.79 Å². The molecule has 2 aromatic carbocycles. The summed E-state index contributed by atoms with van der Waals surface area (Å²) in [6.45, 7) is 11.4. The second-order valence-electron chi connectivity index (χ2n) is 14.4. The smallest absolute Gasteiger partial charge is 0.410 e. The molecule has 0 bridgehead atoms. The van der Waals surface area contributed by atoms with Crippen molar-refractivity contribution in [3.63, 3.8) is 0 Å². The fraction of sp³-hybridized carbons (Fsp3) is 0.529. The maximum absolute atomic E-state index is 14.1. The standard InChI is InChI=1S/C17H24FN3O5S.C17H23FN2O6S/c1-17(2,3)26-16(23)20-7-4-8-21(10-9-20)27(24,25)14-11-12(15(19)22)5-6-13(14)18;1-17(2,3)26-16(23)19-7-4-8-20(10-9-19)27(24,25)14-11-12(15(21)22)5-6-13(14)18/h5-6,11H,4,7-10H2,1-3H3,(H2,19,22);5-6,11H,4,7-10H2,1-3H3,(H,21,22). The molecular weight excluding hydrogens is 757 g/mol. The molecule has 0 unspecified atom stereocenters. The zero-order chi connectivity index (χ0) is 40.8. The van der Waals surface area contributed by atoms with Crippen LogP contribution in [0.15, 0.2) is 46.2 Å². The number of primary amides is 1. The third-order valence-electron chi connectivity index (χ3n) is 7.84. The molecule has 20 heteroatoms. The third kappa shape index (κ3) is 11.8. The summed E-state index contributed by atoms with van der Waals surface area (Å²) in [5.41, 5.74) is 3.41. The Morgan fingerprint density at radius 2 is 1.00 bits per heavy atom. The van der Waals surface area contributed by atoms with Gasteiger partial charge < -0.3 is 30.1 Å². The van der Waals surface area contributed by atoms with Gasteiger partial charge in [0, 0.05) is 57.9 Å². The molecule has 0 aromatic heterocycles. The summed E-state index contributed by atoms with van der Waals surface area (Å²) in [7, 11) is -8.42. The lowest BCUT2D eigenvalue weighted by Crippen LogP contribution is -2.40. The normalized spacial score (nSPS) is 16.7. The number of carbonyl (C=O) groups is 4. The van der Waals surface area contributed by atoms with Gasteiger partial charge in [0.05, 0.1) is 5.56 Å². The monoisotopic (exact) mass is 803 g/mol. The van der Waals surface area contributed by atoms with E-state index < -0.39 is 76.7 Å². The number of carboxylic acids is 1. The van der Waals surface area contributed by atoms with E-state index in [4.69, 9.17) is 20.3 Å². The number of aromatic carboxylic acids is 1. The SMILES string of the molecule is CC(C)(C)OC(=O)N1CCCN(S(=O)(=O)c2cc(C(=O)O)ccc2F)CC1.CC(C)(C)OC(=O)N1CCCN(S(=O)(=O)c2cc(C(N)=O)ccc2F)CC1. The second-order valence-corrected chi connectivity index (χ2v) is 18.2. The summed E-state index contributed by atoms with van der Waals surface area (Å²) in [5.74, 6) is -4.18. The highest BCUT2D eigenvalue weighted by Crippen LogP contribution is 2.24. The van der Waals surface area contributed by atoms with Crippen molar-refractivity contribution in [1.82, 2.24) is 18.4 Å². The molecule has 0 atom stereocenters. The van der Waals surface area contributed by atoms with Crippen molar-refractivity contribution in [2.45, 2.75) is 75.4 Å². The highest BCUT2D eigenvalue weighted by Gasteiger charge is 2.34.